The Hall–Kier alpha value is -3.25. The van der Waals surface area contributed by atoms with E-state index in [1.54, 1.807) is 12.3 Å². The number of pyridine rings is 1. The van der Waals surface area contributed by atoms with Gasteiger partial charge in [-0.2, -0.15) is 9.61 Å². The zero-order valence-corrected chi connectivity index (χ0v) is 19.3. The first-order chi connectivity index (χ1) is 16.7. The summed E-state index contributed by atoms with van der Waals surface area (Å²) < 4.78 is 50.0. The molecule has 186 valence electrons. The molecule has 0 spiro atoms. The highest BCUT2D eigenvalue weighted by Gasteiger charge is 2.32. The number of nitrogens with zero attached hydrogens (tertiary/aromatic N) is 6. The van der Waals surface area contributed by atoms with Crippen molar-refractivity contribution in [1.82, 2.24) is 29.0 Å². The molecule has 0 aromatic carbocycles. The van der Waals surface area contributed by atoms with Gasteiger partial charge in [0.1, 0.15) is 17.7 Å². The van der Waals surface area contributed by atoms with Gasteiger partial charge in [-0.25, -0.2) is 14.8 Å². The molecule has 0 bridgehead atoms. The molecule has 0 saturated carbocycles. The molecule has 1 saturated heterocycles. The highest BCUT2D eigenvalue weighted by atomic mass is 19.4. The van der Waals surface area contributed by atoms with E-state index in [0.717, 1.165) is 24.2 Å². The van der Waals surface area contributed by atoms with Gasteiger partial charge >= 0.3 is 12.1 Å². The summed E-state index contributed by atoms with van der Waals surface area (Å²) in [6.07, 6.45) is 1.91. The Bertz CT molecular complexity index is 1370. The minimum atomic E-state index is -4.72. The fourth-order valence-corrected chi connectivity index (χ4v) is 4.78. The van der Waals surface area contributed by atoms with Gasteiger partial charge in [-0.15, -0.1) is 13.2 Å². The van der Waals surface area contributed by atoms with Gasteiger partial charge in [0.05, 0.1) is 24.1 Å². The lowest BCUT2D eigenvalue weighted by Crippen LogP contribution is -2.44. The van der Waals surface area contributed by atoms with Gasteiger partial charge < -0.3 is 9.47 Å². The molecule has 1 aliphatic heterocycles. The maximum absolute atomic E-state index is 13.1. The van der Waals surface area contributed by atoms with Crippen molar-refractivity contribution in [2.24, 2.45) is 0 Å². The van der Waals surface area contributed by atoms with Crippen molar-refractivity contribution < 1.29 is 22.6 Å². The van der Waals surface area contributed by atoms with Gasteiger partial charge in [0, 0.05) is 32.3 Å². The molecule has 2 aliphatic rings. The molecule has 0 N–H and O–H groups in total. The number of aromatic nitrogens is 5. The summed E-state index contributed by atoms with van der Waals surface area (Å²) in [6, 6.07) is 1.97. The van der Waals surface area contributed by atoms with Gasteiger partial charge in [0.2, 0.25) is 0 Å². The van der Waals surface area contributed by atoms with Crippen LogP contribution in [0.4, 0.5) is 13.2 Å². The van der Waals surface area contributed by atoms with Gasteiger partial charge in [-0.3, -0.25) is 9.47 Å². The van der Waals surface area contributed by atoms with E-state index < -0.39 is 12.1 Å². The third-order valence-corrected chi connectivity index (χ3v) is 6.09. The Morgan fingerprint density at radius 1 is 1.09 bits per heavy atom. The summed E-state index contributed by atoms with van der Waals surface area (Å²) in [5.74, 6) is -0.153. The smallest absolute Gasteiger partial charge is 0.410 e. The van der Waals surface area contributed by atoms with Gasteiger partial charge in [-0.1, -0.05) is 6.08 Å². The highest BCUT2D eigenvalue weighted by molar-refractivity contribution is 5.89. The average Bonchev–Trinajstić information content (AvgIpc) is 3.27. The van der Waals surface area contributed by atoms with Crippen molar-refractivity contribution in [2.75, 3.05) is 13.1 Å². The molecule has 5 rings (SSSR count). The van der Waals surface area contributed by atoms with E-state index in [1.807, 2.05) is 19.9 Å². The van der Waals surface area contributed by atoms with E-state index >= 15 is 0 Å². The molecule has 9 nitrogen and oxygen atoms in total. The number of alkyl halides is 3. The first kappa shape index (κ1) is 23.5. The van der Waals surface area contributed by atoms with E-state index in [1.165, 1.54) is 21.5 Å². The molecule has 3 aromatic rings. The molecule has 4 heterocycles. The minimum Gasteiger partial charge on any atom is -0.410 e. The zero-order chi connectivity index (χ0) is 24.7. The van der Waals surface area contributed by atoms with Crippen LogP contribution < -0.4 is 5.69 Å². The van der Waals surface area contributed by atoms with Crippen molar-refractivity contribution in [3.63, 3.8) is 0 Å². The predicted molar refractivity (Wildman–Crippen MR) is 120 cm³/mol. The number of allylic oxidation sites excluding steroid dienone is 4. The fourth-order valence-electron chi connectivity index (χ4n) is 4.78. The summed E-state index contributed by atoms with van der Waals surface area (Å²) in [6.45, 7) is 6.57. The minimum absolute atomic E-state index is 0.0948. The zero-order valence-electron chi connectivity index (χ0n) is 19.3. The van der Waals surface area contributed by atoms with Crippen LogP contribution in [-0.4, -0.2) is 60.7 Å². The molecule has 3 aromatic heterocycles. The number of hydrogen-bond donors (Lipinski definition) is 0. The van der Waals surface area contributed by atoms with E-state index in [0.29, 0.717) is 29.6 Å². The molecule has 35 heavy (non-hydrogen) atoms. The summed E-state index contributed by atoms with van der Waals surface area (Å²) in [5, 5.41) is 4.76. The first-order valence-electron chi connectivity index (χ1n) is 11.4. The highest BCUT2D eigenvalue weighted by Crippen LogP contribution is 2.28. The average molecular weight is 490 g/mol. The third kappa shape index (κ3) is 5.08. The topological polar surface area (TPSA) is 86.8 Å². The molecule has 0 amide bonds. The van der Waals surface area contributed by atoms with Crippen LogP contribution in [0, 0.1) is 0 Å². The van der Waals surface area contributed by atoms with Gasteiger partial charge in [0.25, 0.3) is 0 Å². The second kappa shape index (κ2) is 9.08. The molecular formula is C23H25F3N6O3. The van der Waals surface area contributed by atoms with Crippen LogP contribution in [0.25, 0.3) is 16.7 Å². The largest absolute Gasteiger partial charge is 0.572 e. The molecule has 1 fully saturated rings. The normalized spacial score (nSPS) is 21.9. The Balaban J connectivity index is 1.48. The van der Waals surface area contributed by atoms with Crippen LogP contribution in [0.15, 0.2) is 46.9 Å². The summed E-state index contributed by atoms with van der Waals surface area (Å²) in [4.78, 5) is 24.3. The van der Waals surface area contributed by atoms with Crippen LogP contribution in [0.1, 0.15) is 32.3 Å². The van der Waals surface area contributed by atoms with Crippen LogP contribution in [0.3, 0.4) is 0 Å². The third-order valence-electron chi connectivity index (χ3n) is 6.09. The lowest BCUT2D eigenvalue weighted by molar-refractivity contribution is -0.306. The number of morpholine rings is 1. The Labute approximate surface area is 198 Å². The number of ether oxygens (including phenoxy) is 2. The van der Waals surface area contributed by atoms with Crippen molar-refractivity contribution in [3.8, 4) is 0 Å². The van der Waals surface area contributed by atoms with Crippen LogP contribution in [-0.2, 0) is 22.6 Å². The molecular weight excluding hydrogens is 465 g/mol. The van der Waals surface area contributed by atoms with Crippen molar-refractivity contribution in [3.05, 3.63) is 58.1 Å². The summed E-state index contributed by atoms with van der Waals surface area (Å²) in [5.41, 5.74) is 2.21. The Kier molecular flexibility index (Phi) is 6.09. The fraction of sp³-hybridized carbons (Fsp3) is 0.478. The maximum atomic E-state index is 13.1. The molecule has 12 heteroatoms. The van der Waals surface area contributed by atoms with Crippen LogP contribution in [0.2, 0.25) is 0 Å². The molecule has 1 aliphatic carbocycles. The first-order valence-corrected chi connectivity index (χ1v) is 11.4. The second-order valence-corrected chi connectivity index (χ2v) is 9.04. The SMILES string of the molecule is C[C@@H]1CN(Cc2cnc3c(c2)c2ncnn2c(=O)n3CC2=CC=C(OC(F)(F)F)CC2)C[C@H](C)O1. The summed E-state index contributed by atoms with van der Waals surface area (Å²) in [7, 11) is 0. The number of fused-ring (bicyclic) bond motifs is 3. The van der Waals surface area contributed by atoms with Crippen LogP contribution in [0.5, 0.6) is 0 Å². The molecule has 0 radical (unpaired) electrons. The second-order valence-electron chi connectivity index (χ2n) is 9.04. The number of halogens is 3. The molecule has 0 unspecified atom stereocenters. The van der Waals surface area contributed by atoms with Crippen molar-refractivity contribution in [2.45, 2.75) is 58.3 Å². The van der Waals surface area contributed by atoms with Crippen molar-refractivity contribution in [1.29, 1.82) is 0 Å². The monoisotopic (exact) mass is 490 g/mol. The van der Waals surface area contributed by atoms with E-state index in [2.05, 4.69) is 24.7 Å². The number of hydrogen-bond acceptors (Lipinski definition) is 7. The maximum Gasteiger partial charge on any atom is 0.572 e. The standard InChI is InChI=1S/C23H25F3N6O3/c1-14-9-30(10-15(2)34-14)11-17-7-19-20(27-8-17)31(22(33)32-21(19)28-13-29-32)12-16-3-5-18(6-4-16)35-23(24,25)26/h3,5,7-8,13-15H,4,6,9-12H2,1-2H3/t14-,15+. The van der Waals surface area contributed by atoms with E-state index in [4.69, 9.17) is 4.74 Å². The van der Waals surface area contributed by atoms with Crippen molar-refractivity contribution >= 4 is 16.7 Å². The van der Waals surface area contributed by atoms with E-state index in [9.17, 15) is 18.0 Å². The lowest BCUT2D eigenvalue weighted by atomic mass is 10.0. The lowest BCUT2D eigenvalue weighted by Gasteiger charge is -2.35. The van der Waals surface area contributed by atoms with Crippen LogP contribution >= 0.6 is 0 Å². The van der Waals surface area contributed by atoms with E-state index in [-0.39, 0.29) is 30.9 Å². The predicted octanol–water partition coefficient (Wildman–Crippen LogP) is 3.19. The van der Waals surface area contributed by atoms with Gasteiger partial charge in [-0.05, 0) is 43.5 Å². The Morgan fingerprint density at radius 2 is 1.86 bits per heavy atom. The number of rotatable bonds is 5. The quantitative estimate of drug-likeness (QED) is 0.543. The summed E-state index contributed by atoms with van der Waals surface area (Å²) >= 11 is 0. The van der Waals surface area contributed by atoms with Gasteiger partial charge in [0.15, 0.2) is 5.65 Å². The Morgan fingerprint density at radius 3 is 2.54 bits per heavy atom. The molecule has 2 atom stereocenters.